The second-order valence-corrected chi connectivity index (χ2v) is 10.5. The molecule has 0 aromatic rings. The third-order valence-corrected chi connectivity index (χ3v) is 9.73. The van der Waals surface area contributed by atoms with Gasteiger partial charge in [0.05, 0.1) is 0 Å². The van der Waals surface area contributed by atoms with Crippen LogP contribution in [0.15, 0.2) is 23.8 Å². The molecule has 0 aromatic heterocycles. The highest BCUT2D eigenvalue weighted by molar-refractivity contribution is 5.91. The number of hydrogen-bond donors (Lipinski definition) is 0. The van der Waals surface area contributed by atoms with Gasteiger partial charge in [-0.25, -0.2) is 4.79 Å². The van der Waals surface area contributed by atoms with E-state index in [1.54, 1.807) is 6.08 Å². The fourth-order valence-corrected chi connectivity index (χ4v) is 8.73. The van der Waals surface area contributed by atoms with E-state index < -0.39 is 0 Å². The fraction of sp³-hybridized carbons (Fsp3) is 0.750. The molecule has 0 bridgehead atoms. The first-order valence-corrected chi connectivity index (χ1v) is 11.1. The zero-order chi connectivity index (χ0) is 18.6. The molecule has 1 spiro atoms. The van der Waals surface area contributed by atoms with Crippen molar-refractivity contribution in [2.75, 3.05) is 0 Å². The molecule has 0 saturated heterocycles. The lowest BCUT2D eigenvalue weighted by Crippen LogP contribution is -2.56. The van der Waals surface area contributed by atoms with Crippen molar-refractivity contribution in [1.82, 2.24) is 0 Å². The van der Waals surface area contributed by atoms with E-state index in [1.165, 1.54) is 24.8 Å². The monoisotopic (exact) mass is 366 g/mol. The third-order valence-electron chi connectivity index (χ3n) is 9.73. The van der Waals surface area contributed by atoms with Gasteiger partial charge in [0.15, 0.2) is 5.78 Å². The molecule has 3 heteroatoms. The minimum atomic E-state index is -0.318. The molecule has 5 aliphatic carbocycles. The van der Waals surface area contributed by atoms with E-state index in [9.17, 15) is 9.59 Å². The summed E-state index contributed by atoms with van der Waals surface area (Å²) in [6.45, 7) is 4.77. The SMILES string of the molecule is CC[C@@H]1CC2=CC(=O)CC[C@@H]2[C@H]2CC[C@@]3(C)[C@@H]([C@H]4C[C@H]4[C@@]34C=CC(=O)O4)[C@H]12. The van der Waals surface area contributed by atoms with E-state index in [4.69, 9.17) is 4.74 Å². The first-order chi connectivity index (χ1) is 13.0. The molecular formula is C24H30O3. The zero-order valence-corrected chi connectivity index (χ0v) is 16.4. The van der Waals surface area contributed by atoms with Gasteiger partial charge in [0.2, 0.25) is 0 Å². The first-order valence-electron chi connectivity index (χ1n) is 11.1. The van der Waals surface area contributed by atoms with Crippen molar-refractivity contribution in [2.24, 2.45) is 46.8 Å². The van der Waals surface area contributed by atoms with Gasteiger partial charge in [0.1, 0.15) is 5.60 Å². The number of ketones is 1. The summed E-state index contributed by atoms with van der Waals surface area (Å²) in [5, 5.41) is 0. The molecular weight excluding hydrogens is 336 g/mol. The van der Waals surface area contributed by atoms with Crippen LogP contribution in [0, 0.1) is 46.8 Å². The van der Waals surface area contributed by atoms with Crippen molar-refractivity contribution >= 4 is 11.8 Å². The van der Waals surface area contributed by atoms with Crippen LogP contribution in [0.2, 0.25) is 0 Å². The van der Waals surface area contributed by atoms with Crippen LogP contribution in [0.3, 0.4) is 0 Å². The minimum absolute atomic E-state index is 0.101. The van der Waals surface area contributed by atoms with Crippen LogP contribution in [0.1, 0.15) is 58.8 Å². The number of rotatable bonds is 1. The molecule has 0 aromatic carbocycles. The number of hydrogen-bond acceptors (Lipinski definition) is 3. The van der Waals surface area contributed by atoms with E-state index >= 15 is 0 Å². The van der Waals surface area contributed by atoms with Crippen LogP contribution >= 0.6 is 0 Å². The van der Waals surface area contributed by atoms with Gasteiger partial charge in [-0.1, -0.05) is 25.8 Å². The summed E-state index contributed by atoms with van der Waals surface area (Å²) in [6, 6.07) is 0. The van der Waals surface area contributed by atoms with Gasteiger partial charge in [-0.2, -0.15) is 0 Å². The van der Waals surface area contributed by atoms with Gasteiger partial charge in [-0.15, -0.1) is 0 Å². The highest BCUT2D eigenvalue weighted by Crippen LogP contribution is 2.78. The van der Waals surface area contributed by atoms with Gasteiger partial charge in [0, 0.05) is 23.8 Å². The number of allylic oxidation sites excluding steroid dienone is 1. The van der Waals surface area contributed by atoms with E-state index in [0.717, 1.165) is 43.4 Å². The van der Waals surface area contributed by atoms with E-state index in [-0.39, 0.29) is 17.0 Å². The van der Waals surface area contributed by atoms with Crippen LogP contribution in [-0.2, 0) is 14.3 Å². The predicted molar refractivity (Wildman–Crippen MR) is 102 cm³/mol. The molecule has 4 fully saturated rings. The molecule has 144 valence electrons. The molecule has 0 unspecified atom stereocenters. The normalized spacial score (nSPS) is 54.7. The zero-order valence-electron chi connectivity index (χ0n) is 16.4. The summed E-state index contributed by atoms with van der Waals surface area (Å²) >= 11 is 0. The average Bonchev–Trinajstić information content (AvgIpc) is 3.29. The van der Waals surface area contributed by atoms with Crippen LogP contribution in [0.5, 0.6) is 0 Å². The van der Waals surface area contributed by atoms with Crippen molar-refractivity contribution in [3.05, 3.63) is 23.8 Å². The average molecular weight is 367 g/mol. The van der Waals surface area contributed by atoms with Gasteiger partial charge in [-0.3, -0.25) is 4.79 Å². The summed E-state index contributed by atoms with van der Waals surface area (Å²) in [5.41, 5.74) is 1.25. The van der Waals surface area contributed by atoms with Crippen molar-refractivity contribution in [1.29, 1.82) is 0 Å². The molecule has 1 aliphatic heterocycles. The Labute approximate surface area is 161 Å². The number of fused-ring (bicyclic) bond motifs is 9. The smallest absolute Gasteiger partial charge is 0.331 e. The topological polar surface area (TPSA) is 43.4 Å². The molecule has 0 N–H and O–H groups in total. The van der Waals surface area contributed by atoms with Crippen LogP contribution in [0.4, 0.5) is 0 Å². The Hall–Kier alpha value is -1.38. The number of esters is 1. The highest BCUT2D eigenvalue weighted by atomic mass is 16.6. The molecule has 6 aliphatic rings. The summed E-state index contributed by atoms with van der Waals surface area (Å²) in [4.78, 5) is 24.1. The van der Waals surface area contributed by atoms with Crippen LogP contribution in [-0.4, -0.2) is 17.4 Å². The summed E-state index contributed by atoms with van der Waals surface area (Å²) in [7, 11) is 0. The van der Waals surface area contributed by atoms with E-state index in [0.29, 0.717) is 29.5 Å². The molecule has 0 amide bonds. The number of ether oxygens (including phenoxy) is 1. The quantitative estimate of drug-likeness (QED) is 0.643. The van der Waals surface area contributed by atoms with Crippen molar-refractivity contribution in [2.45, 2.75) is 64.4 Å². The maximum Gasteiger partial charge on any atom is 0.331 e. The van der Waals surface area contributed by atoms with E-state index in [2.05, 4.69) is 19.9 Å². The largest absolute Gasteiger partial charge is 0.451 e. The first kappa shape index (κ1) is 16.6. The maximum atomic E-state index is 12.1. The van der Waals surface area contributed by atoms with Gasteiger partial charge < -0.3 is 4.74 Å². The van der Waals surface area contributed by atoms with E-state index in [1.807, 2.05) is 6.08 Å². The van der Waals surface area contributed by atoms with Gasteiger partial charge in [0.25, 0.3) is 0 Å². The predicted octanol–water partition coefficient (Wildman–Crippen LogP) is 4.47. The maximum absolute atomic E-state index is 12.1. The Balaban J connectivity index is 1.42. The molecule has 4 saturated carbocycles. The molecule has 3 nitrogen and oxygen atoms in total. The summed E-state index contributed by atoms with van der Waals surface area (Å²) in [6.07, 6.45) is 13.6. The van der Waals surface area contributed by atoms with Gasteiger partial charge in [-0.05, 0) is 79.8 Å². The molecule has 1 heterocycles. The Bertz CT molecular complexity index is 793. The molecule has 0 radical (unpaired) electrons. The lowest BCUT2D eigenvalue weighted by molar-refractivity contribution is -0.170. The Morgan fingerprint density at radius 2 is 2.07 bits per heavy atom. The summed E-state index contributed by atoms with van der Waals surface area (Å²) in [5.74, 6) is 4.99. The van der Waals surface area contributed by atoms with Crippen LogP contribution < -0.4 is 0 Å². The van der Waals surface area contributed by atoms with Gasteiger partial charge >= 0.3 is 5.97 Å². The highest BCUT2D eigenvalue weighted by Gasteiger charge is 2.78. The lowest BCUT2D eigenvalue weighted by Gasteiger charge is -2.59. The van der Waals surface area contributed by atoms with Crippen molar-refractivity contribution in [3.8, 4) is 0 Å². The minimum Gasteiger partial charge on any atom is -0.451 e. The third kappa shape index (κ3) is 1.89. The second-order valence-electron chi connectivity index (χ2n) is 10.5. The Morgan fingerprint density at radius 1 is 1.22 bits per heavy atom. The molecule has 9 atom stereocenters. The standard InChI is InChI=1S/C24H30O3/c1-3-13-10-14-11-15(25)4-5-16(14)17-6-8-23(2)22(21(13)17)18-12-19(18)24(23)9-7-20(26)27-24/h7,9,11,13,16-19,21-22H,3-6,8,10,12H2,1-2H3/t13-,16+,17-,18+,19-,21-,22+,23+,24+/m1/s1. The molecule has 6 rings (SSSR count). The van der Waals surface area contributed by atoms with Crippen molar-refractivity contribution < 1.29 is 14.3 Å². The fourth-order valence-electron chi connectivity index (χ4n) is 8.73. The number of carbonyl (C=O) groups is 2. The number of carbonyl (C=O) groups excluding carboxylic acids is 2. The lowest BCUT2D eigenvalue weighted by atomic mass is 9.46. The molecule has 27 heavy (non-hydrogen) atoms. The Morgan fingerprint density at radius 3 is 2.81 bits per heavy atom. The van der Waals surface area contributed by atoms with Crippen molar-refractivity contribution in [3.63, 3.8) is 0 Å². The second kappa shape index (κ2) is 5.15. The summed E-state index contributed by atoms with van der Waals surface area (Å²) < 4.78 is 6.10. The van der Waals surface area contributed by atoms with Crippen LogP contribution in [0.25, 0.3) is 0 Å². The Kier molecular flexibility index (Phi) is 3.16.